The quantitative estimate of drug-likeness (QED) is 0.587. The van der Waals surface area contributed by atoms with E-state index < -0.39 is 0 Å². The minimum atomic E-state index is 0.164. The smallest absolute Gasteiger partial charge is 0.0346 e. The lowest BCUT2D eigenvalue weighted by Gasteiger charge is -2.14. The number of aryl methyl sites for hydroxylation is 1. The molecule has 1 heterocycles. The van der Waals surface area contributed by atoms with E-state index in [0.717, 1.165) is 5.56 Å². The molecule has 1 heteroatoms. The Morgan fingerprint density at radius 3 is 2.27 bits per heavy atom. The molecule has 0 saturated carbocycles. The summed E-state index contributed by atoms with van der Waals surface area (Å²) in [5.41, 5.74) is 6.00. The Morgan fingerprint density at radius 1 is 0.864 bits per heavy atom. The molecule has 108 valence electrons. The second kappa shape index (κ2) is 6.40. The standard InChI is InChI=1S/C21H19N/c1-3-21(18-11-9-16(2)10-12-18)20-13-19(14-22-15-20)17-7-5-4-6-8-17/h3-15,21H,1H2,2H3/t21-/m1/s1. The Morgan fingerprint density at radius 2 is 1.59 bits per heavy atom. The first-order valence-electron chi connectivity index (χ1n) is 7.47. The van der Waals surface area contributed by atoms with Crippen LogP contribution in [0.25, 0.3) is 11.1 Å². The van der Waals surface area contributed by atoms with Gasteiger partial charge in [0.05, 0.1) is 0 Å². The van der Waals surface area contributed by atoms with E-state index in [0.29, 0.717) is 0 Å². The molecule has 3 aromatic rings. The van der Waals surface area contributed by atoms with Crippen LogP contribution in [0.2, 0.25) is 0 Å². The average Bonchev–Trinajstić information content (AvgIpc) is 2.58. The molecule has 0 aliphatic rings. The van der Waals surface area contributed by atoms with Gasteiger partial charge in [-0.2, -0.15) is 0 Å². The molecule has 2 aromatic carbocycles. The first kappa shape index (κ1) is 14.3. The van der Waals surface area contributed by atoms with E-state index in [1.54, 1.807) is 0 Å². The summed E-state index contributed by atoms with van der Waals surface area (Å²) in [4.78, 5) is 4.43. The first-order chi connectivity index (χ1) is 10.8. The molecule has 0 aliphatic carbocycles. The van der Waals surface area contributed by atoms with E-state index >= 15 is 0 Å². The zero-order valence-corrected chi connectivity index (χ0v) is 12.7. The highest BCUT2D eigenvalue weighted by atomic mass is 14.6. The van der Waals surface area contributed by atoms with E-state index in [9.17, 15) is 0 Å². The van der Waals surface area contributed by atoms with Gasteiger partial charge in [-0.15, -0.1) is 6.58 Å². The van der Waals surface area contributed by atoms with Crippen molar-refractivity contribution < 1.29 is 0 Å². The third kappa shape index (κ3) is 2.99. The average molecular weight is 285 g/mol. The van der Waals surface area contributed by atoms with Crippen LogP contribution in [0.3, 0.4) is 0 Å². The molecule has 0 fully saturated rings. The lowest BCUT2D eigenvalue weighted by molar-refractivity contribution is 1.01. The van der Waals surface area contributed by atoms with E-state index in [2.05, 4.69) is 61.0 Å². The summed E-state index contributed by atoms with van der Waals surface area (Å²) < 4.78 is 0. The molecule has 0 amide bonds. The van der Waals surface area contributed by atoms with Gasteiger partial charge in [-0.05, 0) is 29.7 Å². The van der Waals surface area contributed by atoms with Crippen LogP contribution in [0.4, 0.5) is 0 Å². The molecule has 1 aromatic heterocycles. The van der Waals surface area contributed by atoms with Gasteiger partial charge in [0.1, 0.15) is 0 Å². The number of nitrogens with zero attached hydrogens (tertiary/aromatic N) is 1. The minimum absolute atomic E-state index is 0.164. The highest BCUT2D eigenvalue weighted by Gasteiger charge is 2.11. The van der Waals surface area contributed by atoms with Crippen molar-refractivity contribution >= 4 is 0 Å². The van der Waals surface area contributed by atoms with E-state index in [4.69, 9.17) is 0 Å². The molecule has 0 N–H and O–H groups in total. The number of allylic oxidation sites excluding steroid dienone is 1. The van der Waals surface area contributed by atoms with Crippen LogP contribution >= 0.6 is 0 Å². The van der Waals surface area contributed by atoms with Crippen molar-refractivity contribution in [2.24, 2.45) is 0 Å². The van der Waals surface area contributed by atoms with Gasteiger partial charge in [0.2, 0.25) is 0 Å². The zero-order chi connectivity index (χ0) is 15.4. The Labute approximate surface area is 132 Å². The van der Waals surface area contributed by atoms with Crippen LogP contribution in [0.5, 0.6) is 0 Å². The van der Waals surface area contributed by atoms with Crippen molar-refractivity contribution in [2.45, 2.75) is 12.8 Å². The fourth-order valence-electron chi connectivity index (χ4n) is 2.65. The summed E-state index contributed by atoms with van der Waals surface area (Å²) >= 11 is 0. The van der Waals surface area contributed by atoms with Crippen LogP contribution in [-0.4, -0.2) is 4.98 Å². The van der Waals surface area contributed by atoms with Crippen molar-refractivity contribution in [1.29, 1.82) is 0 Å². The summed E-state index contributed by atoms with van der Waals surface area (Å²) in [5.74, 6) is 0.164. The molecule has 0 bridgehead atoms. The predicted molar refractivity (Wildman–Crippen MR) is 92.9 cm³/mol. The number of benzene rings is 2. The molecule has 0 saturated heterocycles. The maximum Gasteiger partial charge on any atom is 0.0346 e. The maximum absolute atomic E-state index is 4.43. The molecule has 0 unspecified atom stereocenters. The Hall–Kier alpha value is -2.67. The van der Waals surface area contributed by atoms with Gasteiger partial charge in [-0.25, -0.2) is 0 Å². The number of hydrogen-bond acceptors (Lipinski definition) is 1. The fourth-order valence-corrected chi connectivity index (χ4v) is 2.65. The Kier molecular flexibility index (Phi) is 4.15. The third-order valence-electron chi connectivity index (χ3n) is 3.90. The molecule has 1 nitrogen and oxygen atoms in total. The third-order valence-corrected chi connectivity index (χ3v) is 3.90. The SMILES string of the molecule is C=C[C@H](c1ccc(C)cc1)c1cncc(-c2ccccc2)c1. The van der Waals surface area contributed by atoms with Gasteiger partial charge >= 0.3 is 0 Å². The van der Waals surface area contributed by atoms with Crippen LogP contribution in [0.1, 0.15) is 22.6 Å². The van der Waals surface area contributed by atoms with Crippen LogP contribution in [0.15, 0.2) is 85.7 Å². The highest BCUT2D eigenvalue weighted by molar-refractivity contribution is 5.63. The fraction of sp³-hybridized carbons (Fsp3) is 0.0952. The molecule has 1 atom stereocenters. The molecular formula is C21H19N. The van der Waals surface area contributed by atoms with Crippen LogP contribution in [-0.2, 0) is 0 Å². The lowest BCUT2D eigenvalue weighted by atomic mass is 9.90. The summed E-state index contributed by atoms with van der Waals surface area (Å²) in [6, 6.07) is 21.1. The van der Waals surface area contributed by atoms with Gasteiger partial charge in [-0.3, -0.25) is 4.98 Å². The number of aromatic nitrogens is 1. The van der Waals surface area contributed by atoms with Crippen molar-refractivity contribution in [1.82, 2.24) is 4.98 Å². The Bertz CT molecular complexity index is 757. The highest BCUT2D eigenvalue weighted by Crippen LogP contribution is 2.28. The largest absolute Gasteiger partial charge is 0.264 e. The summed E-state index contributed by atoms with van der Waals surface area (Å²) in [5, 5.41) is 0. The number of pyridine rings is 1. The lowest BCUT2D eigenvalue weighted by Crippen LogP contribution is -1.99. The molecule has 22 heavy (non-hydrogen) atoms. The van der Waals surface area contributed by atoms with Gasteiger partial charge in [0, 0.05) is 23.9 Å². The van der Waals surface area contributed by atoms with Gasteiger partial charge in [0.25, 0.3) is 0 Å². The van der Waals surface area contributed by atoms with Crippen molar-refractivity contribution in [2.75, 3.05) is 0 Å². The van der Waals surface area contributed by atoms with Crippen LogP contribution in [0, 0.1) is 6.92 Å². The topological polar surface area (TPSA) is 12.9 Å². The molecular weight excluding hydrogens is 266 g/mol. The molecule has 0 spiro atoms. The predicted octanol–water partition coefficient (Wildman–Crippen LogP) is 5.37. The second-order valence-electron chi connectivity index (χ2n) is 5.50. The Balaban J connectivity index is 2.00. The van der Waals surface area contributed by atoms with Crippen LogP contribution < -0.4 is 0 Å². The van der Waals surface area contributed by atoms with Gasteiger partial charge < -0.3 is 0 Å². The van der Waals surface area contributed by atoms with Crippen molar-refractivity contribution in [3.63, 3.8) is 0 Å². The summed E-state index contributed by atoms with van der Waals surface area (Å²) in [7, 11) is 0. The minimum Gasteiger partial charge on any atom is -0.264 e. The monoisotopic (exact) mass is 285 g/mol. The number of rotatable bonds is 4. The second-order valence-corrected chi connectivity index (χ2v) is 5.50. The molecule has 0 aliphatic heterocycles. The first-order valence-corrected chi connectivity index (χ1v) is 7.47. The zero-order valence-electron chi connectivity index (χ0n) is 12.7. The summed E-state index contributed by atoms with van der Waals surface area (Å²) in [6.07, 6.45) is 5.82. The number of hydrogen-bond donors (Lipinski definition) is 0. The van der Waals surface area contributed by atoms with E-state index in [-0.39, 0.29) is 5.92 Å². The molecule has 0 radical (unpaired) electrons. The summed E-state index contributed by atoms with van der Waals surface area (Å²) in [6.45, 7) is 6.11. The normalized spacial score (nSPS) is 11.9. The van der Waals surface area contributed by atoms with Crippen molar-refractivity contribution in [3.05, 3.63) is 102 Å². The van der Waals surface area contributed by atoms with Crippen molar-refractivity contribution in [3.8, 4) is 11.1 Å². The van der Waals surface area contributed by atoms with Gasteiger partial charge in [0.15, 0.2) is 0 Å². The maximum atomic E-state index is 4.43. The molecule has 3 rings (SSSR count). The van der Waals surface area contributed by atoms with Gasteiger partial charge in [-0.1, -0.05) is 66.2 Å². The van der Waals surface area contributed by atoms with E-state index in [1.807, 2.05) is 36.7 Å². The van der Waals surface area contributed by atoms with E-state index in [1.165, 1.54) is 22.3 Å².